The predicted octanol–water partition coefficient (Wildman–Crippen LogP) is -0.544. The molecule has 7 heteroatoms. The number of aliphatic hydroxyl groups excluding tert-OH is 1. The van der Waals surface area contributed by atoms with Gasteiger partial charge in [0.15, 0.2) is 0 Å². The van der Waals surface area contributed by atoms with E-state index in [0.29, 0.717) is 0 Å². The average molecular weight is 268 g/mol. The molecular formula is C12H16N2O5. The number of para-hydroxylation sites is 2. The molecule has 0 aliphatic carbocycles. The highest BCUT2D eigenvalue weighted by Gasteiger charge is 2.14. The maximum absolute atomic E-state index is 11.5. The Morgan fingerprint density at radius 1 is 1.16 bits per heavy atom. The second-order valence-corrected chi connectivity index (χ2v) is 3.56. The van der Waals surface area contributed by atoms with Crippen molar-refractivity contribution in [2.45, 2.75) is 0 Å². The van der Waals surface area contributed by atoms with Gasteiger partial charge in [-0.05, 0) is 12.1 Å². The zero-order valence-corrected chi connectivity index (χ0v) is 10.3. The van der Waals surface area contributed by atoms with Gasteiger partial charge >= 0.3 is 11.8 Å². The largest absolute Gasteiger partial charge is 0.506 e. The fourth-order valence-corrected chi connectivity index (χ4v) is 1.24. The molecule has 0 radical (unpaired) electrons. The number of carbonyl (C=O) groups is 2. The molecule has 0 bridgehead atoms. The van der Waals surface area contributed by atoms with E-state index >= 15 is 0 Å². The summed E-state index contributed by atoms with van der Waals surface area (Å²) in [4.78, 5) is 22.9. The van der Waals surface area contributed by atoms with E-state index < -0.39 is 11.8 Å². The van der Waals surface area contributed by atoms with Crippen molar-refractivity contribution in [1.29, 1.82) is 0 Å². The molecule has 0 atom stereocenters. The van der Waals surface area contributed by atoms with Gasteiger partial charge in [-0.3, -0.25) is 9.59 Å². The number of anilines is 1. The lowest BCUT2D eigenvalue weighted by molar-refractivity contribution is -0.136. The van der Waals surface area contributed by atoms with Crippen molar-refractivity contribution < 1.29 is 24.5 Å². The van der Waals surface area contributed by atoms with E-state index in [1.807, 2.05) is 0 Å². The van der Waals surface area contributed by atoms with Gasteiger partial charge in [-0.15, -0.1) is 0 Å². The van der Waals surface area contributed by atoms with E-state index in [4.69, 9.17) is 9.84 Å². The molecule has 0 heterocycles. The minimum Gasteiger partial charge on any atom is -0.506 e. The highest BCUT2D eigenvalue weighted by molar-refractivity contribution is 6.39. The number of rotatable bonds is 6. The molecule has 0 fully saturated rings. The summed E-state index contributed by atoms with van der Waals surface area (Å²) in [7, 11) is 0. The summed E-state index contributed by atoms with van der Waals surface area (Å²) >= 11 is 0. The standard InChI is InChI=1S/C12H16N2O5/c15-6-8-19-7-5-13-11(17)12(18)14-9-3-1-2-4-10(9)16/h1-4,15-16H,5-8H2,(H,13,17)(H,14,18). The van der Waals surface area contributed by atoms with E-state index in [0.717, 1.165) is 0 Å². The van der Waals surface area contributed by atoms with Crippen LogP contribution >= 0.6 is 0 Å². The number of aliphatic hydroxyl groups is 1. The fraction of sp³-hybridized carbons (Fsp3) is 0.333. The van der Waals surface area contributed by atoms with Crippen molar-refractivity contribution in [1.82, 2.24) is 5.32 Å². The highest BCUT2D eigenvalue weighted by Crippen LogP contribution is 2.20. The predicted molar refractivity (Wildman–Crippen MR) is 67.7 cm³/mol. The maximum Gasteiger partial charge on any atom is 0.313 e. The van der Waals surface area contributed by atoms with Crippen molar-refractivity contribution in [3.8, 4) is 5.75 Å². The van der Waals surface area contributed by atoms with Gasteiger partial charge < -0.3 is 25.6 Å². The van der Waals surface area contributed by atoms with Gasteiger partial charge in [0.05, 0.1) is 25.5 Å². The van der Waals surface area contributed by atoms with E-state index in [-0.39, 0.29) is 37.8 Å². The van der Waals surface area contributed by atoms with Crippen molar-refractivity contribution in [3.05, 3.63) is 24.3 Å². The van der Waals surface area contributed by atoms with Gasteiger partial charge in [0.2, 0.25) is 0 Å². The van der Waals surface area contributed by atoms with Crippen LogP contribution < -0.4 is 10.6 Å². The molecule has 0 saturated carbocycles. The zero-order chi connectivity index (χ0) is 14.1. The van der Waals surface area contributed by atoms with Gasteiger partial charge in [0, 0.05) is 6.54 Å². The zero-order valence-electron chi connectivity index (χ0n) is 10.3. The Morgan fingerprint density at radius 2 is 1.89 bits per heavy atom. The SMILES string of the molecule is O=C(NCCOCCO)C(=O)Nc1ccccc1O. The van der Waals surface area contributed by atoms with Crippen LogP contribution in [0, 0.1) is 0 Å². The molecule has 1 aromatic rings. The third kappa shape index (κ3) is 5.36. The lowest BCUT2D eigenvalue weighted by Gasteiger charge is -2.07. The molecule has 2 amide bonds. The number of hydrogen-bond donors (Lipinski definition) is 4. The first-order valence-electron chi connectivity index (χ1n) is 5.71. The minimum absolute atomic E-state index is 0.0955. The molecular weight excluding hydrogens is 252 g/mol. The Morgan fingerprint density at radius 3 is 2.58 bits per heavy atom. The molecule has 0 aliphatic rings. The second kappa shape index (κ2) is 8.06. The molecule has 1 rings (SSSR count). The first-order chi connectivity index (χ1) is 9.15. The Kier molecular flexibility index (Phi) is 6.34. The summed E-state index contributed by atoms with van der Waals surface area (Å²) < 4.78 is 4.91. The van der Waals surface area contributed by atoms with Crippen molar-refractivity contribution in [2.75, 3.05) is 31.7 Å². The van der Waals surface area contributed by atoms with Crippen molar-refractivity contribution in [3.63, 3.8) is 0 Å². The molecule has 0 saturated heterocycles. The maximum atomic E-state index is 11.5. The Labute approximate surface area is 110 Å². The topological polar surface area (TPSA) is 108 Å². The summed E-state index contributed by atoms with van der Waals surface area (Å²) in [6.07, 6.45) is 0. The smallest absolute Gasteiger partial charge is 0.313 e. The van der Waals surface area contributed by atoms with Crippen LogP contribution in [0.25, 0.3) is 0 Å². The molecule has 0 spiro atoms. The van der Waals surface area contributed by atoms with Crippen LogP contribution in [0.15, 0.2) is 24.3 Å². The molecule has 4 N–H and O–H groups in total. The highest BCUT2D eigenvalue weighted by atomic mass is 16.5. The van der Waals surface area contributed by atoms with Gasteiger partial charge in [-0.2, -0.15) is 0 Å². The molecule has 19 heavy (non-hydrogen) atoms. The third-order valence-corrected chi connectivity index (χ3v) is 2.13. The van der Waals surface area contributed by atoms with Crippen LogP contribution in [0.5, 0.6) is 5.75 Å². The number of benzene rings is 1. The summed E-state index contributed by atoms with van der Waals surface area (Å²) in [5, 5.41) is 22.5. The van der Waals surface area contributed by atoms with E-state index in [9.17, 15) is 14.7 Å². The lowest BCUT2D eigenvalue weighted by atomic mass is 10.3. The molecule has 104 valence electrons. The molecule has 7 nitrogen and oxygen atoms in total. The number of amides is 2. The Hall–Kier alpha value is -2.12. The Balaban J connectivity index is 2.33. The van der Waals surface area contributed by atoms with Gasteiger partial charge in [0.1, 0.15) is 5.75 Å². The monoisotopic (exact) mass is 268 g/mol. The number of phenols is 1. The summed E-state index contributed by atoms with van der Waals surface area (Å²) in [6.45, 7) is 0.449. The lowest BCUT2D eigenvalue weighted by Crippen LogP contribution is -2.37. The van der Waals surface area contributed by atoms with Crippen LogP contribution in [0.3, 0.4) is 0 Å². The number of carbonyl (C=O) groups excluding carboxylic acids is 2. The van der Waals surface area contributed by atoms with Crippen LogP contribution in [-0.2, 0) is 14.3 Å². The van der Waals surface area contributed by atoms with Gasteiger partial charge in [0.25, 0.3) is 0 Å². The molecule has 0 aliphatic heterocycles. The normalized spacial score (nSPS) is 9.95. The van der Waals surface area contributed by atoms with E-state index in [2.05, 4.69) is 10.6 Å². The number of ether oxygens (including phenoxy) is 1. The van der Waals surface area contributed by atoms with Gasteiger partial charge in [-0.25, -0.2) is 0 Å². The number of hydrogen-bond acceptors (Lipinski definition) is 5. The third-order valence-electron chi connectivity index (χ3n) is 2.13. The average Bonchev–Trinajstić information content (AvgIpc) is 2.41. The van der Waals surface area contributed by atoms with Crippen LogP contribution in [0.4, 0.5) is 5.69 Å². The molecule has 0 aromatic heterocycles. The van der Waals surface area contributed by atoms with Crippen LogP contribution in [0.2, 0.25) is 0 Å². The first-order valence-corrected chi connectivity index (χ1v) is 5.71. The van der Waals surface area contributed by atoms with E-state index in [1.54, 1.807) is 12.1 Å². The molecule has 1 aromatic carbocycles. The summed E-state index contributed by atoms with van der Waals surface area (Å²) in [5.41, 5.74) is 0.166. The van der Waals surface area contributed by atoms with Gasteiger partial charge in [-0.1, -0.05) is 12.1 Å². The molecule has 0 unspecified atom stereocenters. The second-order valence-electron chi connectivity index (χ2n) is 3.56. The number of nitrogens with one attached hydrogen (secondary N) is 2. The summed E-state index contributed by atoms with van der Waals surface area (Å²) in [6, 6.07) is 6.10. The van der Waals surface area contributed by atoms with Crippen molar-refractivity contribution in [2.24, 2.45) is 0 Å². The summed E-state index contributed by atoms with van der Waals surface area (Å²) in [5.74, 6) is -1.81. The quantitative estimate of drug-likeness (QED) is 0.315. The van der Waals surface area contributed by atoms with Crippen molar-refractivity contribution >= 4 is 17.5 Å². The number of phenolic OH excluding ortho intramolecular Hbond substituents is 1. The fourth-order valence-electron chi connectivity index (χ4n) is 1.24. The Bertz CT molecular complexity index is 436. The van der Waals surface area contributed by atoms with Crippen LogP contribution in [-0.4, -0.2) is 48.4 Å². The number of aromatic hydroxyl groups is 1. The first kappa shape index (κ1) is 14.9. The minimum atomic E-state index is -0.872. The van der Waals surface area contributed by atoms with Crippen LogP contribution in [0.1, 0.15) is 0 Å². The van der Waals surface area contributed by atoms with E-state index in [1.165, 1.54) is 12.1 Å².